The molecule has 26 heavy (non-hydrogen) atoms. The molecule has 0 radical (unpaired) electrons. The second-order valence-corrected chi connectivity index (χ2v) is 5.73. The monoisotopic (exact) mass is 461 g/mol. The molecule has 2 N–H and O–H groups in total. The standard InChI is InChI=1S/C21H23N3O.HI/c1-22-21(24-15-18-9-4-6-13-20(18)25-2)23-14-17-11-7-10-16-8-3-5-12-19(16)17;/h3-13H,14-15H2,1-2H3,(H2,22,23,24);1H. The molecule has 4 nitrogen and oxygen atoms in total. The molecule has 5 heteroatoms. The van der Waals surface area contributed by atoms with Crippen molar-refractivity contribution in [1.29, 1.82) is 0 Å². The van der Waals surface area contributed by atoms with Crippen LogP contribution in [0.1, 0.15) is 11.1 Å². The van der Waals surface area contributed by atoms with Crippen LogP contribution in [0.5, 0.6) is 5.75 Å². The Labute approximate surface area is 171 Å². The molecular weight excluding hydrogens is 437 g/mol. The summed E-state index contributed by atoms with van der Waals surface area (Å²) in [5, 5.41) is 9.23. The van der Waals surface area contributed by atoms with E-state index < -0.39 is 0 Å². The van der Waals surface area contributed by atoms with Crippen molar-refractivity contribution in [3.8, 4) is 5.75 Å². The molecule has 0 saturated carbocycles. The first-order valence-electron chi connectivity index (χ1n) is 8.35. The number of benzene rings is 3. The Morgan fingerprint density at radius 1 is 0.846 bits per heavy atom. The second-order valence-electron chi connectivity index (χ2n) is 5.73. The van der Waals surface area contributed by atoms with Crippen molar-refractivity contribution >= 4 is 40.7 Å². The van der Waals surface area contributed by atoms with Crippen LogP contribution in [0.2, 0.25) is 0 Å². The molecule has 0 spiro atoms. The zero-order valence-electron chi connectivity index (χ0n) is 15.0. The van der Waals surface area contributed by atoms with Gasteiger partial charge in [0.1, 0.15) is 5.75 Å². The topological polar surface area (TPSA) is 45.7 Å². The molecule has 3 rings (SSSR count). The summed E-state index contributed by atoms with van der Waals surface area (Å²) in [4.78, 5) is 4.31. The van der Waals surface area contributed by atoms with Crippen molar-refractivity contribution < 1.29 is 4.74 Å². The van der Waals surface area contributed by atoms with Gasteiger partial charge < -0.3 is 15.4 Å². The molecule has 0 bridgehead atoms. The number of methoxy groups -OCH3 is 1. The molecule has 0 amide bonds. The normalized spacial score (nSPS) is 10.9. The van der Waals surface area contributed by atoms with Crippen LogP contribution in [0.3, 0.4) is 0 Å². The minimum absolute atomic E-state index is 0. The first-order valence-corrected chi connectivity index (χ1v) is 8.35. The number of hydrogen-bond donors (Lipinski definition) is 2. The Bertz CT molecular complexity index is 875. The van der Waals surface area contributed by atoms with Crippen molar-refractivity contribution in [2.45, 2.75) is 13.1 Å². The number of halogens is 1. The summed E-state index contributed by atoms with van der Waals surface area (Å²) >= 11 is 0. The van der Waals surface area contributed by atoms with E-state index in [0.717, 1.165) is 17.3 Å². The van der Waals surface area contributed by atoms with Crippen LogP contribution in [0, 0.1) is 0 Å². The highest BCUT2D eigenvalue weighted by Gasteiger charge is 2.05. The highest BCUT2D eigenvalue weighted by Crippen LogP contribution is 2.18. The largest absolute Gasteiger partial charge is 0.496 e. The molecule has 0 aliphatic heterocycles. The van der Waals surface area contributed by atoms with E-state index in [-0.39, 0.29) is 24.0 Å². The Kier molecular flexibility index (Phi) is 7.72. The molecule has 0 unspecified atom stereocenters. The minimum atomic E-state index is 0. The van der Waals surface area contributed by atoms with Crippen LogP contribution in [0.4, 0.5) is 0 Å². The first kappa shape index (κ1) is 20.0. The lowest BCUT2D eigenvalue weighted by Crippen LogP contribution is -2.36. The average molecular weight is 461 g/mol. The van der Waals surface area contributed by atoms with Crippen molar-refractivity contribution in [1.82, 2.24) is 10.6 Å². The smallest absolute Gasteiger partial charge is 0.191 e. The lowest BCUT2D eigenvalue weighted by atomic mass is 10.0. The second kappa shape index (κ2) is 10.0. The molecule has 0 heterocycles. The number of fused-ring (bicyclic) bond motifs is 1. The molecular formula is C21H24IN3O. The van der Waals surface area contributed by atoms with E-state index in [1.165, 1.54) is 16.3 Å². The van der Waals surface area contributed by atoms with Gasteiger partial charge in [0.25, 0.3) is 0 Å². The van der Waals surface area contributed by atoms with E-state index in [1.54, 1.807) is 14.2 Å². The van der Waals surface area contributed by atoms with E-state index >= 15 is 0 Å². The minimum Gasteiger partial charge on any atom is -0.496 e. The third-order valence-corrected chi connectivity index (χ3v) is 4.19. The summed E-state index contributed by atoms with van der Waals surface area (Å²) in [6, 6.07) is 22.8. The molecule has 0 fully saturated rings. The fourth-order valence-electron chi connectivity index (χ4n) is 2.87. The maximum Gasteiger partial charge on any atom is 0.191 e. The predicted octanol–water partition coefficient (Wildman–Crippen LogP) is 4.33. The summed E-state index contributed by atoms with van der Waals surface area (Å²) in [5.41, 5.74) is 2.34. The van der Waals surface area contributed by atoms with Gasteiger partial charge >= 0.3 is 0 Å². The van der Waals surface area contributed by atoms with Gasteiger partial charge in [0.15, 0.2) is 5.96 Å². The Morgan fingerprint density at radius 2 is 1.46 bits per heavy atom. The lowest BCUT2D eigenvalue weighted by Gasteiger charge is -2.14. The molecule has 0 aliphatic carbocycles. The summed E-state index contributed by atoms with van der Waals surface area (Å²) in [6.45, 7) is 1.37. The van der Waals surface area contributed by atoms with Crippen molar-refractivity contribution in [2.75, 3.05) is 14.2 Å². The third kappa shape index (κ3) is 4.88. The zero-order valence-corrected chi connectivity index (χ0v) is 17.4. The van der Waals surface area contributed by atoms with E-state index in [4.69, 9.17) is 4.74 Å². The molecule has 0 aromatic heterocycles. The van der Waals surface area contributed by atoms with Crippen LogP contribution in [0.25, 0.3) is 10.8 Å². The number of hydrogen-bond acceptors (Lipinski definition) is 2. The van der Waals surface area contributed by atoms with Crippen LogP contribution in [0.15, 0.2) is 71.7 Å². The maximum atomic E-state index is 5.39. The van der Waals surface area contributed by atoms with Crippen LogP contribution >= 0.6 is 24.0 Å². The zero-order chi connectivity index (χ0) is 17.5. The molecule has 136 valence electrons. The maximum absolute atomic E-state index is 5.39. The van der Waals surface area contributed by atoms with Crippen LogP contribution in [-0.2, 0) is 13.1 Å². The van der Waals surface area contributed by atoms with Gasteiger partial charge in [-0.1, -0.05) is 60.7 Å². The summed E-state index contributed by atoms with van der Waals surface area (Å²) < 4.78 is 5.39. The SMILES string of the molecule is CN=C(NCc1ccccc1OC)NCc1cccc2ccccc12.I. The van der Waals surface area contributed by atoms with Gasteiger partial charge in [0.05, 0.1) is 7.11 Å². The molecule has 3 aromatic carbocycles. The Morgan fingerprint density at radius 3 is 2.23 bits per heavy atom. The van der Waals surface area contributed by atoms with Crippen LogP contribution < -0.4 is 15.4 Å². The number of ether oxygens (including phenoxy) is 1. The van der Waals surface area contributed by atoms with Gasteiger partial charge in [-0.05, 0) is 22.4 Å². The number of nitrogens with zero attached hydrogens (tertiary/aromatic N) is 1. The molecule has 0 saturated heterocycles. The summed E-state index contributed by atoms with van der Waals surface area (Å²) in [5.74, 6) is 1.64. The van der Waals surface area contributed by atoms with E-state index in [1.807, 2.05) is 24.3 Å². The van der Waals surface area contributed by atoms with Crippen LogP contribution in [-0.4, -0.2) is 20.1 Å². The quantitative estimate of drug-likeness (QED) is 0.338. The van der Waals surface area contributed by atoms with Gasteiger partial charge in [-0.2, -0.15) is 0 Å². The van der Waals surface area contributed by atoms with Gasteiger partial charge in [-0.15, -0.1) is 24.0 Å². The Hall–Kier alpha value is -2.28. The fraction of sp³-hybridized carbons (Fsp3) is 0.190. The molecule has 3 aromatic rings. The predicted molar refractivity (Wildman–Crippen MR) is 119 cm³/mol. The van der Waals surface area contributed by atoms with Crippen molar-refractivity contribution in [3.63, 3.8) is 0 Å². The highest BCUT2D eigenvalue weighted by atomic mass is 127. The van der Waals surface area contributed by atoms with E-state index in [9.17, 15) is 0 Å². The molecule has 0 atom stereocenters. The van der Waals surface area contributed by atoms with Crippen molar-refractivity contribution in [2.24, 2.45) is 4.99 Å². The number of guanidine groups is 1. The van der Waals surface area contributed by atoms with E-state index in [0.29, 0.717) is 13.1 Å². The fourth-order valence-corrected chi connectivity index (χ4v) is 2.87. The van der Waals surface area contributed by atoms with Gasteiger partial charge in [-0.25, -0.2) is 0 Å². The van der Waals surface area contributed by atoms with Gasteiger partial charge in [-0.3, -0.25) is 4.99 Å². The third-order valence-electron chi connectivity index (χ3n) is 4.19. The Balaban J connectivity index is 0.00000243. The summed E-state index contributed by atoms with van der Waals surface area (Å²) in [6.07, 6.45) is 0. The van der Waals surface area contributed by atoms with Crippen molar-refractivity contribution in [3.05, 3.63) is 77.9 Å². The van der Waals surface area contributed by atoms with Gasteiger partial charge in [0, 0.05) is 25.7 Å². The average Bonchev–Trinajstić information content (AvgIpc) is 2.68. The number of nitrogens with one attached hydrogen (secondary N) is 2. The lowest BCUT2D eigenvalue weighted by molar-refractivity contribution is 0.409. The number of para-hydroxylation sites is 1. The number of aliphatic imine (C=N–C) groups is 1. The highest BCUT2D eigenvalue weighted by molar-refractivity contribution is 14.0. The molecule has 0 aliphatic rings. The number of rotatable bonds is 5. The van der Waals surface area contributed by atoms with Gasteiger partial charge in [0.2, 0.25) is 0 Å². The summed E-state index contributed by atoms with van der Waals surface area (Å²) in [7, 11) is 3.47. The van der Waals surface area contributed by atoms with E-state index in [2.05, 4.69) is 58.1 Å². The first-order chi connectivity index (χ1) is 12.3.